The molecular formula is C10H12O2S. The van der Waals surface area contributed by atoms with Crippen LogP contribution in [0, 0.1) is 0 Å². The van der Waals surface area contributed by atoms with Gasteiger partial charge in [0.2, 0.25) is 0 Å². The van der Waals surface area contributed by atoms with Gasteiger partial charge < -0.3 is 4.74 Å². The fraction of sp³-hybridized carbons (Fsp3) is 0.300. The summed E-state index contributed by atoms with van der Waals surface area (Å²) in [4.78, 5) is 11.9. The summed E-state index contributed by atoms with van der Waals surface area (Å²) >= 11 is 1.39. The van der Waals surface area contributed by atoms with Crippen molar-refractivity contribution in [3.8, 4) is 0 Å². The lowest BCUT2D eigenvalue weighted by molar-refractivity contribution is 0.0515. The fourth-order valence-corrected chi connectivity index (χ4v) is 1.40. The Balaban J connectivity index is 2.31. The Labute approximate surface area is 81.8 Å². The molecule has 0 unspecified atom stereocenters. The maximum atomic E-state index is 11.2. The molecule has 0 spiro atoms. The van der Waals surface area contributed by atoms with Gasteiger partial charge in [-0.2, -0.15) is 0 Å². The zero-order chi connectivity index (χ0) is 9.68. The third-order valence-electron chi connectivity index (χ3n) is 1.48. The minimum absolute atomic E-state index is 0.240. The summed E-state index contributed by atoms with van der Waals surface area (Å²) in [6.07, 6.45) is 0.733. The number of hydrogen-bond acceptors (Lipinski definition) is 3. The first-order valence-electron chi connectivity index (χ1n) is 4.05. The van der Waals surface area contributed by atoms with Gasteiger partial charge in [-0.25, -0.2) is 4.79 Å². The zero-order valence-corrected chi connectivity index (χ0v) is 8.39. The molecule has 0 atom stereocenters. The topological polar surface area (TPSA) is 26.3 Å². The second kappa shape index (κ2) is 4.82. The van der Waals surface area contributed by atoms with Crippen LogP contribution in [-0.4, -0.2) is 12.6 Å². The molecule has 1 rings (SSSR count). The van der Waals surface area contributed by atoms with Gasteiger partial charge in [0.1, 0.15) is 4.88 Å². The van der Waals surface area contributed by atoms with Gasteiger partial charge in [-0.15, -0.1) is 17.9 Å². The number of carbonyl (C=O) groups excluding carboxylic acids is 1. The molecule has 0 saturated carbocycles. The van der Waals surface area contributed by atoms with Gasteiger partial charge in [0.15, 0.2) is 0 Å². The van der Waals surface area contributed by atoms with Crippen LogP contribution in [0.15, 0.2) is 29.7 Å². The van der Waals surface area contributed by atoms with Crippen LogP contribution in [0.5, 0.6) is 0 Å². The molecule has 0 aromatic carbocycles. The van der Waals surface area contributed by atoms with Crippen LogP contribution in [0.4, 0.5) is 0 Å². The third kappa shape index (κ3) is 3.42. The monoisotopic (exact) mass is 196 g/mol. The van der Waals surface area contributed by atoms with Crippen molar-refractivity contribution in [3.63, 3.8) is 0 Å². The number of rotatable bonds is 4. The van der Waals surface area contributed by atoms with Gasteiger partial charge in [0, 0.05) is 6.42 Å². The Bertz CT molecular complexity index is 288. The minimum Gasteiger partial charge on any atom is -0.461 e. The quantitative estimate of drug-likeness (QED) is 0.546. The van der Waals surface area contributed by atoms with E-state index >= 15 is 0 Å². The van der Waals surface area contributed by atoms with Gasteiger partial charge >= 0.3 is 5.97 Å². The maximum absolute atomic E-state index is 11.2. The number of ether oxygens (including phenoxy) is 1. The highest BCUT2D eigenvalue weighted by Crippen LogP contribution is 2.10. The Hall–Kier alpha value is -1.09. The second-order valence-corrected chi connectivity index (χ2v) is 3.77. The van der Waals surface area contributed by atoms with E-state index in [1.165, 1.54) is 11.3 Å². The highest BCUT2D eigenvalue weighted by atomic mass is 32.1. The van der Waals surface area contributed by atoms with E-state index in [0.29, 0.717) is 11.5 Å². The molecule has 0 saturated heterocycles. The molecule has 0 N–H and O–H groups in total. The summed E-state index contributed by atoms with van der Waals surface area (Å²) in [5.74, 6) is -0.240. The van der Waals surface area contributed by atoms with E-state index in [0.717, 1.165) is 12.0 Å². The summed E-state index contributed by atoms with van der Waals surface area (Å²) in [7, 11) is 0. The van der Waals surface area contributed by atoms with Gasteiger partial charge in [0.05, 0.1) is 6.61 Å². The number of thiophene rings is 1. The van der Waals surface area contributed by atoms with Crippen molar-refractivity contribution in [1.29, 1.82) is 0 Å². The average Bonchev–Trinajstić information content (AvgIpc) is 2.55. The summed E-state index contributed by atoms with van der Waals surface area (Å²) in [6.45, 7) is 6.06. The molecule has 0 fully saturated rings. The highest BCUT2D eigenvalue weighted by Gasteiger charge is 2.06. The summed E-state index contributed by atoms with van der Waals surface area (Å²) in [5.41, 5.74) is 1.03. The number of hydrogen-bond donors (Lipinski definition) is 0. The molecule has 0 amide bonds. The van der Waals surface area contributed by atoms with E-state index in [-0.39, 0.29) is 5.97 Å². The van der Waals surface area contributed by atoms with Gasteiger partial charge in [-0.05, 0) is 18.4 Å². The predicted octanol–water partition coefficient (Wildman–Crippen LogP) is 2.87. The maximum Gasteiger partial charge on any atom is 0.348 e. The van der Waals surface area contributed by atoms with Crippen molar-refractivity contribution in [2.45, 2.75) is 13.3 Å². The van der Waals surface area contributed by atoms with Crippen LogP contribution in [-0.2, 0) is 4.74 Å². The first kappa shape index (κ1) is 9.99. The third-order valence-corrected chi connectivity index (χ3v) is 2.33. The van der Waals surface area contributed by atoms with E-state index in [1.54, 1.807) is 6.07 Å². The first-order chi connectivity index (χ1) is 6.20. The van der Waals surface area contributed by atoms with Gasteiger partial charge in [0.25, 0.3) is 0 Å². The normalized spacial score (nSPS) is 9.62. The van der Waals surface area contributed by atoms with Crippen LogP contribution in [0.1, 0.15) is 23.0 Å². The van der Waals surface area contributed by atoms with Crippen LogP contribution >= 0.6 is 11.3 Å². The molecule has 0 aliphatic carbocycles. The van der Waals surface area contributed by atoms with E-state index in [4.69, 9.17) is 4.74 Å². The first-order valence-corrected chi connectivity index (χ1v) is 4.93. The molecule has 0 bridgehead atoms. The molecule has 1 aromatic rings. The summed E-state index contributed by atoms with van der Waals surface area (Å²) in [6, 6.07) is 3.59. The SMILES string of the molecule is C=C(C)CCOC(=O)c1cccs1. The lowest BCUT2D eigenvalue weighted by atomic mass is 10.3. The standard InChI is InChI=1S/C10H12O2S/c1-8(2)5-6-12-10(11)9-4-3-7-13-9/h3-4,7H,1,5-6H2,2H3. The van der Waals surface area contributed by atoms with Crippen LogP contribution in [0.3, 0.4) is 0 Å². The Morgan fingerprint density at radius 3 is 3.00 bits per heavy atom. The molecule has 0 aliphatic rings. The number of carbonyl (C=O) groups is 1. The van der Waals surface area contributed by atoms with Crippen molar-refractivity contribution >= 4 is 17.3 Å². The molecule has 2 nitrogen and oxygen atoms in total. The molecule has 0 radical (unpaired) electrons. The lowest BCUT2D eigenvalue weighted by Crippen LogP contribution is -2.04. The average molecular weight is 196 g/mol. The molecule has 1 heterocycles. The molecule has 3 heteroatoms. The molecule has 70 valence electrons. The van der Waals surface area contributed by atoms with Crippen LogP contribution < -0.4 is 0 Å². The van der Waals surface area contributed by atoms with Crippen LogP contribution in [0.2, 0.25) is 0 Å². The fourth-order valence-electron chi connectivity index (χ4n) is 0.784. The largest absolute Gasteiger partial charge is 0.461 e. The Kier molecular flexibility index (Phi) is 3.71. The Morgan fingerprint density at radius 1 is 1.69 bits per heavy atom. The van der Waals surface area contributed by atoms with E-state index < -0.39 is 0 Å². The lowest BCUT2D eigenvalue weighted by Gasteiger charge is -2.01. The highest BCUT2D eigenvalue weighted by molar-refractivity contribution is 7.11. The predicted molar refractivity (Wildman–Crippen MR) is 54.0 cm³/mol. The van der Waals surface area contributed by atoms with Gasteiger partial charge in [-0.3, -0.25) is 0 Å². The second-order valence-electron chi connectivity index (χ2n) is 2.82. The van der Waals surface area contributed by atoms with E-state index in [2.05, 4.69) is 6.58 Å². The molecule has 0 aliphatic heterocycles. The zero-order valence-electron chi connectivity index (χ0n) is 7.58. The summed E-state index contributed by atoms with van der Waals surface area (Å²) < 4.78 is 5.01. The van der Waals surface area contributed by atoms with Crippen molar-refractivity contribution in [3.05, 3.63) is 34.5 Å². The van der Waals surface area contributed by atoms with Crippen molar-refractivity contribution in [2.75, 3.05) is 6.61 Å². The Morgan fingerprint density at radius 2 is 2.46 bits per heavy atom. The molecule has 13 heavy (non-hydrogen) atoms. The molecule has 1 aromatic heterocycles. The van der Waals surface area contributed by atoms with Crippen molar-refractivity contribution in [1.82, 2.24) is 0 Å². The minimum atomic E-state index is -0.240. The van der Waals surface area contributed by atoms with Crippen molar-refractivity contribution < 1.29 is 9.53 Å². The number of esters is 1. The van der Waals surface area contributed by atoms with E-state index in [1.807, 2.05) is 18.4 Å². The smallest absolute Gasteiger partial charge is 0.348 e. The molecular weight excluding hydrogens is 184 g/mol. The van der Waals surface area contributed by atoms with Gasteiger partial charge in [-0.1, -0.05) is 11.6 Å². The van der Waals surface area contributed by atoms with E-state index in [9.17, 15) is 4.79 Å². The summed E-state index contributed by atoms with van der Waals surface area (Å²) in [5, 5.41) is 1.86. The van der Waals surface area contributed by atoms with Crippen LogP contribution in [0.25, 0.3) is 0 Å². The van der Waals surface area contributed by atoms with Crippen molar-refractivity contribution in [2.24, 2.45) is 0 Å².